The van der Waals surface area contributed by atoms with Crippen molar-refractivity contribution in [3.05, 3.63) is 0 Å². The molecule has 3 heteroatoms. The molecule has 0 amide bonds. The molecular weight excluding hydrogens is 192 g/mol. The molecule has 0 bridgehead atoms. The van der Waals surface area contributed by atoms with Crippen molar-refractivity contribution < 1.29 is 0 Å². The van der Waals surface area contributed by atoms with Crippen LogP contribution < -0.4 is 0 Å². The minimum atomic E-state index is 0.571. The lowest BCUT2D eigenvalue weighted by atomic mass is 10.1. The summed E-state index contributed by atoms with van der Waals surface area (Å²) in [6.45, 7) is 5.57. The Kier molecular flexibility index (Phi) is 5.38. The van der Waals surface area contributed by atoms with E-state index in [1.54, 1.807) is 0 Å². The highest BCUT2D eigenvalue weighted by Gasteiger charge is 2.19. The largest absolute Gasteiger partial charge is 0.358 e. The van der Waals surface area contributed by atoms with Crippen LogP contribution in [0.5, 0.6) is 0 Å². The summed E-state index contributed by atoms with van der Waals surface area (Å²) in [5, 5.41) is 7.88. The van der Waals surface area contributed by atoms with Crippen LogP contribution in [0.1, 0.15) is 39.5 Å². The number of piperidine rings is 1. The van der Waals surface area contributed by atoms with E-state index in [1.807, 2.05) is 11.8 Å². The minimum Gasteiger partial charge on any atom is -0.358 e. The quantitative estimate of drug-likeness (QED) is 0.712. The van der Waals surface area contributed by atoms with Gasteiger partial charge in [-0.1, -0.05) is 6.92 Å². The van der Waals surface area contributed by atoms with Gasteiger partial charge in [-0.25, -0.2) is 0 Å². The van der Waals surface area contributed by atoms with Gasteiger partial charge in [0.05, 0.1) is 5.84 Å². The van der Waals surface area contributed by atoms with Gasteiger partial charge in [-0.15, -0.1) is 0 Å². The molecule has 0 aromatic rings. The van der Waals surface area contributed by atoms with Crippen molar-refractivity contribution in [2.75, 3.05) is 18.1 Å². The van der Waals surface area contributed by atoms with Gasteiger partial charge in [0.25, 0.3) is 0 Å². The summed E-state index contributed by atoms with van der Waals surface area (Å²) in [4.78, 5) is 2.29. The van der Waals surface area contributed by atoms with Crippen molar-refractivity contribution in [3.63, 3.8) is 0 Å². The predicted octanol–water partition coefficient (Wildman–Crippen LogP) is 2.98. The lowest BCUT2D eigenvalue weighted by Crippen LogP contribution is -2.41. The molecule has 1 aliphatic rings. The Hall–Kier alpha value is -0.180. The molecule has 1 fully saturated rings. The summed E-state index contributed by atoms with van der Waals surface area (Å²) in [5.74, 6) is 3.32. The van der Waals surface area contributed by atoms with Crippen LogP contribution in [0.3, 0.4) is 0 Å². The third-order valence-corrected chi connectivity index (χ3v) is 3.76. The second kappa shape index (κ2) is 6.33. The smallest absolute Gasteiger partial charge is 0.0960 e. The molecule has 2 nitrogen and oxygen atoms in total. The van der Waals surface area contributed by atoms with E-state index in [4.69, 9.17) is 5.41 Å². The normalized spacial score (nSPS) is 19.9. The van der Waals surface area contributed by atoms with Gasteiger partial charge < -0.3 is 4.90 Å². The van der Waals surface area contributed by atoms with Gasteiger partial charge in [0.1, 0.15) is 0 Å². The third-order valence-electron chi connectivity index (χ3n) is 2.83. The number of amidine groups is 1. The molecule has 0 spiro atoms. The molecular formula is C11H22N2S. The summed E-state index contributed by atoms with van der Waals surface area (Å²) in [5.41, 5.74) is 0. The van der Waals surface area contributed by atoms with E-state index in [2.05, 4.69) is 18.7 Å². The van der Waals surface area contributed by atoms with Crippen LogP contribution in [0.15, 0.2) is 0 Å². The summed E-state index contributed by atoms with van der Waals surface area (Å²) in [6.07, 6.45) is 4.70. The minimum absolute atomic E-state index is 0.571. The molecule has 0 aromatic heterocycles. The van der Waals surface area contributed by atoms with Gasteiger partial charge in [-0.05, 0) is 37.7 Å². The maximum atomic E-state index is 7.88. The molecule has 0 aromatic carbocycles. The topological polar surface area (TPSA) is 27.1 Å². The zero-order valence-corrected chi connectivity index (χ0v) is 10.2. The maximum Gasteiger partial charge on any atom is 0.0960 e. The van der Waals surface area contributed by atoms with Crippen LogP contribution in [-0.4, -0.2) is 34.8 Å². The van der Waals surface area contributed by atoms with Crippen LogP contribution in [-0.2, 0) is 0 Å². The Morgan fingerprint density at radius 2 is 2.29 bits per heavy atom. The summed E-state index contributed by atoms with van der Waals surface area (Å²) in [6, 6.07) is 0.571. The number of hydrogen-bond acceptors (Lipinski definition) is 2. The van der Waals surface area contributed by atoms with E-state index in [0.29, 0.717) is 6.04 Å². The molecule has 1 saturated heterocycles. The van der Waals surface area contributed by atoms with Crippen molar-refractivity contribution in [1.29, 1.82) is 5.41 Å². The Labute approximate surface area is 92.0 Å². The molecule has 1 unspecified atom stereocenters. The van der Waals surface area contributed by atoms with Crippen molar-refractivity contribution in [2.45, 2.75) is 45.6 Å². The van der Waals surface area contributed by atoms with Crippen LogP contribution >= 0.6 is 11.8 Å². The van der Waals surface area contributed by atoms with Gasteiger partial charge in [-0.3, -0.25) is 5.41 Å². The number of likely N-dealkylation sites (tertiary alicyclic amines) is 1. The Morgan fingerprint density at radius 1 is 1.50 bits per heavy atom. The van der Waals surface area contributed by atoms with Crippen LogP contribution in [0.25, 0.3) is 0 Å². The van der Waals surface area contributed by atoms with Gasteiger partial charge in [0.15, 0.2) is 0 Å². The van der Waals surface area contributed by atoms with E-state index >= 15 is 0 Å². The fourth-order valence-electron chi connectivity index (χ4n) is 1.89. The third kappa shape index (κ3) is 3.52. The Morgan fingerprint density at radius 3 is 2.93 bits per heavy atom. The highest BCUT2D eigenvalue weighted by Crippen LogP contribution is 2.17. The van der Waals surface area contributed by atoms with E-state index < -0.39 is 0 Å². The SMILES string of the molecule is CCSCCC(C)N1CCCCC1=N. The van der Waals surface area contributed by atoms with E-state index in [0.717, 1.165) is 18.8 Å². The van der Waals surface area contributed by atoms with Gasteiger partial charge >= 0.3 is 0 Å². The average Bonchev–Trinajstić information content (AvgIpc) is 2.18. The molecule has 14 heavy (non-hydrogen) atoms. The lowest BCUT2D eigenvalue weighted by Gasteiger charge is -2.34. The average molecular weight is 214 g/mol. The molecule has 0 aliphatic carbocycles. The Bertz CT molecular complexity index is 182. The van der Waals surface area contributed by atoms with Crippen molar-refractivity contribution in [2.24, 2.45) is 0 Å². The fraction of sp³-hybridized carbons (Fsp3) is 0.909. The van der Waals surface area contributed by atoms with Crippen molar-refractivity contribution >= 4 is 17.6 Å². The first-order valence-electron chi connectivity index (χ1n) is 5.67. The first-order valence-corrected chi connectivity index (χ1v) is 6.83. The van der Waals surface area contributed by atoms with E-state index in [-0.39, 0.29) is 0 Å². The monoisotopic (exact) mass is 214 g/mol. The second-order valence-electron chi connectivity index (χ2n) is 3.93. The van der Waals surface area contributed by atoms with Gasteiger partial charge in [0, 0.05) is 19.0 Å². The second-order valence-corrected chi connectivity index (χ2v) is 5.33. The summed E-state index contributed by atoms with van der Waals surface area (Å²) in [7, 11) is 0. The summed E-state index contributed by atoms with van der Waals surface area (Å²) < 4.78 is 0. The molecule has 1 rings (SSSR count). The van der Waals surface area contributed by atoms with Crippen molar-refractivity contribution in [1.82, 2.24) is 4.90 Å². The molecule has 82 valence electrons. The zero-order valence-electron chi connectivity index (χ0n) is 9.38. The van der Waals surface area contributed by atoms with E-state index in [1.165, 1.54) is 30.8 Å². The lowest BCUT2D eigenvalue weighted by molar-refractivity contribution is 0.290. The Balaban J connectivity index is 2.27. The number of hydrogen-bond donors (Lipinski definition) is 1. The van der Waals surface area contributed by atoms with Crippen LogP contribution in [0.2, 0.25) is 0 Å². The molecule has 1 N–H and O–H groups in total. The van der Waals surface area contributed by atoms with Crippen LogP contribution in [0, 0.1) is 5.41 Å². The van der Waals surface area contributed by atoms with Gasteiger partial charge in [-0.2, -0.15) is 11.8 Å². The predicted molar refractivity (Wildman–Crippen MR) is 65.4 cm³/mol. The maximum absolute atomic E-state index is 7.88. The van der Waals surface area contributed by atoms with Crippen molar-refractivity contribution in [3.8, 4) is 0 Å². The molecule has 1 atom stereocenters. The zero-order chi connectivity index (χ0) is 10.4. The summed E-state index contributed by atoms with van der Waals surface area (Å²) >= 11 is 2.00. The first-order chi connectivity index (χ1) is 6.75. The number of nitrogens with one attached hydrogen (secondary N) is 1. The van der Waals surface area contributed by atoms with Crippen LogP contribution in [0.4, 0.5) is 0 Å². The molecule has 0 radical (unpaired) electrons. The number of thioether (sulfide) groups is 1. The number of nitrogens with zero attached hydrogens (tertiary/aromatic N) is 1. The number of rotatable bonds is 5. The molecule has 0 saturated carbocycles. The van der Waals surface area contributed by atoms with E-state index in [9.17, 15) is 0 Å². The standard InChI is InChI=1S/C11H22N2S/c1-3-14-9-7-10(2)13-8-5-4-6-11(13)12/h10,12H,3-9H2,1-2H3. The highest BCUT2D eigenvalue weighted by molar-refractivity contribution is 7.99. The first kappa shape index (κ1) is 11.9. The van der Waals surface area contributed by atoms with Gasteiger partial charge in [0.2, 0.25) is 0 Å². The highest BCUT2D eigenvalue weighted by atomic mass is 32.2. The fourth-order valence-corrected chi connectivity index (χ4v) is 2.69. The molecule has 1 aliphatic heterocycles. The molecule has 1 heterocycles.